The van der Waals surface area contributed by atoms with Gasteiger partial charge in [-0.15, -0.1) is 0 Å². The third-order valence-electron chi connectivity index (χ3n) is 2.21. The van der Waals surface area contributed by atoms with Crippen LogP contribution in [0.15, 0.2) is 12.4 Å². The number of carbonyl (C=O) groups excluding carboxylic acids is 1. The number of aryl methyl sites for hydroxylation is 1. The molecule has 0 aliphatic carbocycles. The van der Waals surface area contributed by atoms with E-state index in [-0.39, 0.29) is 16.8 Å². The van der Waals surface area contributed by atoms with Gasteiger partial charge in [0.25, 0.3) is 5.91 Å². The first-order valence-electron chi connectivity index (χ1n) is 5.17. The number of hydrogen-bond acceptors (Lipinski definition) is 5. The zero-order valence-electron chi connectivity index (χ0n) is 9.88. The molecule has 0 bridgehead atoms. The van der Waals surface area contributed by atoms with Gasteiger partial charge in [-0.25, -0.2) is 15.0 Å². The highest BCUT2D eigenvalue weighted by atomic mass is 35.5. The molecule has 0 saturated carbocycles. The summed E-state index contributed by atoms with van der Waals surface area (Å²) >= 11 is 5.61. The van der Waals surface area contributed by atoms with Crippen LogP contribution in [-0.2, 0) is 6.54 Å². The molecule has 8 heteroatoms. The minimum absolute atomic E-state index is 0.231. The topological polar surface area (TPSA) is 87.7 Å². The Morgan fingerprint density at radius 1 is 1.44 bits per heavy atom. The maximum absolute atomic E-state index is 12.0. The fourth-order valence-electron chi connectivity index (χ4n) is 1.36. The van der Waals surface area contributed by atoms with Gasteiger partial charge in [0.05, 0.1) is 18.9 Å². The molecule has 94 valence electrons. The van der Waals surface area contributed by atoms with Crippen LogP contribution in [0.3, 0.4) is 0 Å². The molecular formula is C10H11ClN6O. The zero-order valence-corrected chi connectivity index (χ0v) is 10.6. The molecule has 2 rings (SSSR count). The van der Waals surface area contributed by atoms with Crippen LogP contribution in [0, 0.1) is 6.92 Å². The molecule has 0 unspecified atom stereocenters. The first-order chi connectivity index (χ1) is 8.56. The monoisotopic (exact) mass is 266 g/mol. The van der Waals surface area contributed by atoms with Crippen molar-refractivity contribution < 1.29 is 4.79 Å². The number of nitrogens with zero attached hydrogens (tertiary/aromatic N) is 5. The fourth-order valence-corrected chi connectivity index (χ4v) is 1.46. The maximum atomic E-state index is 12.0. The van der Waals surface area contributed by atoms with Crippen molar-refractivity contribution in [2.24, 2.45) is 0 Å². The smallest absolute Gasteiger partial charge is 0.274 e. The second-order valence-electron chi connectivity index (χ2n) is 3.72. The highest BCUT2D eigenvalue weighted by Crippen LogP contribution is 2.05. The van der Waals surface area contributed by atoms with Crippen molar-refractivity contribution in [3.63, 3.8) is 0 Å². The molecule has 2 aromatic heterocycles. The average molecular weight is 267 g/mol. The number of amides is 1. The van der Waals surface area contributed by atoms with Gasteiger partial charge in [0.1, 0.15) is 16.7 Å². The van der Waals surface area contributed by atoms with Gasteiger partial charge in [0, 0.05) is 7.05 Å². The van der Waals surface area contributed by atoms with Crippen molar-refractivity contribution >= 4 is 17.5 Å². The number of H-pyrrole nitrogens is 1. The van der Waals surface area contributed by atoms with Crippen LogP contribution >= 0.6 is 11.6 Å². The normalized spacial score (nSPS) is 10.4. The van der Waals surface area contributed by atoms with Crippen LogP contribution in [0.1, 0.15) is 22.1 Å². The lowest BCUT2D eigenvalue weighted by molar-refractivity contribution is 0.0775. The number of aromatic amines is 1. The first-order valence-corrected chi connectivity index (χ1v) is 5.55. The third-order valence-corrected chi connectivity index (χ3v) is 2.40. The average Bonchev–Trinajstić information content (AvgIpc) is 2.75. The summed E-state index contributed by atoms with van der Waals surface area (Å²) in [6.45, 7) is 2.09. The van der Waals surface area contributed by atoms with Gasteiger partial charge in [0.15, 0.2) is 5.82 Å². The summed E-state index contributed by atoms with van der Waals surface area (Å²) in [4.78, 5) is 25.3. The van der Waals surface area contributed by atoms with E-state index in [1.54, 1.807) is 14.0 Å². The highest BCUT2D eigenvalue weighted by Gasteiger charge is 2.15. The molecule has 2 aromatic rings. The number of nitrogens with one attached hydrogen (secondary N) is 1. The van der Waals surface area contributed by atoms with Gasteiger partial charge >= 0.3 is 0 Å². The molecule has 0 fully saturated rings. The van der Waals surface area contributed by atoms with Gasteiger partial charge in [-0.1, -0.05) is 11.6 Å². The minimum Gasteiger partial charge on any atom is -0.333 e. The molecule has 0 aliphatic rings. The van der Waals surface area contributed by atoms with E-state index in [4.69, 9.17) is 11.6 Å². The molecule has 7 nitrogen and oxygen atoms in total. The molecule has 0 spiro atoms. The Bertz CT molecular complexity index is 552. The number of halogens is 1. The molecule has 18 heavy (non-hydrogen) atoms. The molecule has 2 heterocycles. The zero-order chi connectivity index (χ0) is 13.1. The van der Waals surface area contributed by atoms with Crippen LogP contribution in [0.25, 0.3) is 0 Å². The molecule has 1 N–H and O–H groups in total. The Kier molecular flexibility index (Phi) is 3.52. The standard InChI is InChI=1S/C10H11ClN6O/c1-6-14-9(16-15-6)5-17(2)10(18)7-3-13-8(11)4-12-7/h3-4H,5H2,1-2H3,(H,14,15,16). The van der Waals surface area contributed by atoms with Crippen LogP contribution in [0.5, 0.6) is 0 Å². The Labute approximate surface area is 108 Å². The summed E-state index contributed by atoms with van der Waals surface area (Å²) < 4.78 is 0. The lowest BCUT2D eigenvalue weighted by Crippen LogP contribution is -2.27. The minimum atomic E-state index is -0.262. The van der Waals surface area contributed by atoms with Crippen LogP contribution in [0.2, 0.25) is 5.15 Å². The van der Waals surface area contributed by atoms with Crippen molar-refractivity contribution in [1.82, 2.24) is 30.0 Å². The summed E-state index contributed by atoms with van der Waals surface area (Å²) in [7, 11) is 1.64. The lowest BCUT2D eigenvalue weighted by Gasteiger charge is -2.14. The van der Waals surface area contributed by atoms with Gasteiger partial charge in [-0.2, -0.15) is 5.10 Å². The van der Waals surface area contributed by atoms with Crippen molar-refractivity contribution in [1.29, 1.82) is 0 Å². The number of hydrogen-bond donors (Lipinski definition) is 1. The molecule has 0 aromatic carbocycles. The third kappa shape index (κ3) is 2.80. The van der Waals surface area contributed by atoms with Crippen molar-refractivity contribution in [2.45, 2.75) is 13.5 Å². The van der Waals surface area contributed by atoms with E-state index in [0.717, 1.165) is 0 Å². The quantitative estimate of drug-likeness (QED) is 0.889. The molecular weight excluding hydrogens is 256 g/mol. The lowest BCUT2D eigenvalue weighted by atomic mass is 10.4. The van der Waals surface area contributed by atoms with E-state index in [1.807, 2.05) is 0 Å². The van der Waals surface area contributed by atoms with Crippen molar-refractivity contribution in [2.75, 3.05) is 7.05 Å². The Balaban J connectivity index is 2.07. The van der Waals surface area contributed by atoms with Crippen molar-refractivity contribution in [3.8, 4) is 0 Å². The van der Waals surface area contributed by atoms with E-state index >= 15 is 0 Å². The predicted molar refractivity (Wildman–Crippen MR) is 64.0 cm³/mol. The number of carbonyl (C=O) groups is 1. The summed E-state index contributed by atoms with van der Waals surface area (Å²) in [6.07, 6.45) is 2.67. The number of rotatable bonds is 3. The van der Waals surface area contributed by atoms with E-state index in [1.165, 1.54) is 17.3 Å². The van der Waals surface area contributed by atoms with E-state index in [2.05, 4.69) is 25.1 Å². The van der Waals surface area contributed by atoms with Crippen LogP contribution in [0.4, 0.5) is 0 Å². The Morgan fingerprint density at radius 2 is 2.22 bits per heavy atom. The van der Waals surface area contributed by atoms with Crippen LogP contribution in [-0.4, -0.2) is 43.0 Å². The van der Waals surface area contributed by atoms with Crippen molar-refractivity contribution in [3.05, 3.63) is 34.9 Å². The largest absolute Gasteiger partial charge is 0.333 e. The SMILES string of the molecule is Cc1nc(CN(C)C(=O)c2cnc(Cl)cn2)n[nH]1. The van der Waals surface area contributed by atoms with Crippen LogP contribution < -0.4 is 0 Å². The van der Waals surface area contributed by atoms with E-state index in [0.29, 0.717) is 18.2 Å². The molecule has 0 radical (unpaired) electrons. The summed E-state index contributed by atoms with van der Waals surface area (Å²) in [5, 5.41) is 6.92. The van der Waals surface area contributed by atoms with Gasteiger partial charge < -0.3 is 4.90 Å². The molecule has 0 saturated heterocycles. The van der Waals surface area contributed by atoms with E-state index < -0.39 is 0 Å². The summed E-state index contributed by atoms with van der Waals surface area (Å²) in [5.74, 6) is 0.990. The molecule has 0 aliphatic heterocycles. The second-order valence-corrected chi connectivity index (χ2v) is 4.11. The summed E-state index contributed by atoms with van der Waals surface area (Å²) in [5.41, 5.74) is 0.231. The fraction of sp³-hybridized carbons (Fsp3) is 0.300. The number of aromatic nitrogens is 5. The second kappa shape index (κ2) is 5.09. The maximum Gasteiger partial charge on any atom is 0.274 e. The van der Waals surface area contributed by atoms with Gasteiger partial charge in [-0.05, 0) is 6.92 Å². The van der Waals surface area contributed by atoms with Gasteiger partial charge in [0.2, 0.25) is 0 Å². The van der Waals surface area contributed by atoms with E-state index in [9.17, 15) is 4.79 Å². The highest BCUT2D eigenvalue weighted by molar-refractivity contribution is 6.29. The molecule has 1 amide bonds. The Hall–Kier alpha value is -2.02. The molecule has 0 atom stereocenters. The Morgan fingerprint density at radius 3 is 2.78 bits per heavy atom. The van der Waals surface area contributed by atoms with Gasteiger partial charge in [-0.3, -0.25) is 9.89 Å². The first kappa shape index (κ1) is 12.4. The summed E-state index contributed by atoms with van der Waals surface area (Å²) in [6, 6.07) is 0. The predicted octanol–water partition coefficient (Wildman–Crippen LogP) is 0.829.